The molecule has 0 atom stereocenters. The number of hydrogen-bond acceptors (Lipinski definition) is 6. The molecule has 0 saturated carbocycles. The lowest BCUT2D eigenvalue weighted by molar-refractivity contribution is 0.0520. The quantitative estimate of drug-likeness (QED) is 0.877. The van der Waals surface area contributed by atoms with Crippen LogP contribution in [0, 0.1) is 0 Å². The topological polar surface area (TPSA) is 77.5 Å². The molecule has 1 aromatic carbocycles. The fourth-order valence-corrected chi connectivity index (χ4v) is 2.00. The summed E-state index contributed by atoms with van der Waals surface area (Å²) >= 11 is 1.12. The molecule has 2 aromatic rings. The molecule has 1 heterocycles. The summed E-state index contributed by atoms with van der Waals surface area (Å²) in [5.41, 5.74) is 0.159. The maximum atomic E-state index is 11.6. The minimum absolute atomic E-state index is 0.159. The van der Waals surface area contributed by atoms with Gasteiger partial charge in [-0.1, -0.05) is 18.2 Å². The van der Waals surface area contributed by atoms with Crippen molar-refractivity contribution >= 4 is 28.5 Å². The van der Waals surface area contributed by atoms with Crippen LogP contribution in [0.15, 0.2) is 35.7 Å². The number of thiazole rings is 1. The number of ether oxygens (including phenoxy) is 2. The Labute approximate surface area is 119 Å². The number of aromatic nitrogens is 1. The van der Waals surface area contributed by atoms with Crippen LogP contribution in [0.3, 0.4) is 0 Å². The number of esters is 1. The summed E-state index contributed by atoms with van der Waals surface area (Å²) in [4.78, 5) is 27.0. The van der Waals surface area contributed by atoms with Crippen molar-refractivity contribution in [1.82, 2.24) is 4.98 Å². The highest BCUT2D eigenvalue weighted by Gasteiger charge is 2.13. The van der Waals surface area contributed by atoms with Gasteiger partial charge in [0, 0.05) is 5.38 Å². The van der Waals surface area contributed by atoms with Gasteiger partial charge in [0.1, 0.15) is 5.75 Å². The molecule has 0 saturated heterocycles. The van der Waals surface area contributed by atoms with Gasteiger partial charge in [-0.2, -0.15) is 0 Å². The van der Waals surface area contributed by atoms with Crippen LogP contribution >= 0.6 is 11.3 Å². The number of carbonyl (C=O) groups is 2. The number of para-hydroxylation sites is 1. The fraction of sp³-hybridized carbons (Fsp3) is 0.154. The van der Waals surface area contributed by atoms with Crippen LogP contribution in [0.2, 0.25) is 0 Å². The van der Waals surface area contributed by atoms with Gasteiger partial charge in [0.05, 0.1) is 6.61 Å². The van der Waals surface area contributed by atoms with Gasteiger partial charge in [-0.15, -0.1) is 11.3 Å². The van der Waals surface area contributed by atoms with Crippen molar-refractivity contribution < 1.29 is 19.1 Å². The maximum Gasteiger partial charge on any atom is 0.418 e. The molecule has 0 unspecified atom stereocenters. The van der Waals surface area contributed by atoms with Crippen molar-refractivity contribution in [2.45, 2.75) is 6.92 Å². The Balaban J connectivity index is 1.93. The van der Waals surface area contributed by atoms with Gasteiger partial charge < -0.3 is 9.47 Å². The summed E-state index contributed by atoms with van der Waals surface area (Å²) in [5.74, 6) is -0.0969. The summed E-state index contributed by atoms with van der Waals surface area (Å²) in [5, 5.41) is 4.23. The highest BCUT2D eigenvalue weighted by Crippen LogP contribution is 2.17. The second-order valence-corrected chi connectivity index (χ2v) is 4.44. The van der Waals surface area contributed by atoms with Gasteiger partial charge in [-0.25, -0.2) is 14.6 Å². The first-order valence-electron chi connectivity index (χ1n) is 5.85. The van der Waals surface area contributed by atoms with Crippen molar-refractivity contribution in [2.75, 3.05) is 11.9 Å². The predicted octanol–water partition coefficient (Wildman–Crippen LogP) is 2.93. The van der Waals surface area contributed by atoms with Crippen LogP contribution in [-0.4, -0.2) is 23.7 Å². The molecule has 1 aromatic heterocycles. The number of hydrogen-bond donors (Lipinski definition) is 1. The third-order valence-electron chi connectivity index (χ3n) is 2.15. The number of amides is 1. The van der Waals surface area contributed by atoms with E-state index in [1.165, 1.54) is 5.38 Å². The van der Waals surface area contributed by atoms with E-state index >= 15 is 0 Å². The van der Waals surface area contributed by atoms with Crippen LogP contribution in [0.25, 0.3) is 0 Å². The van der Waals surface area contributed by atoms with E-state index in [-0.39, 0.29) is 17.4 Å². The molecule has 20 heavy (non-hydrogen) atoms. The van der Waals surface area contributed by atoms with E-state index in [9.17, 15) is 9.59 Å². The van der Waals surface area contributed by atoms with Crippen molar-refractivity contribution in [2.24, 2.45) is 0 Å². The summed E-state index contributed by atoms with van der Waals surface area (Å²) in [6.45, 7) is 1.98. The van der Waals surface area contributed by atoms with Gasteiger partial charge in [0.2, 0.25) is 0 Å². The summed E-state index contributed by atoms with van der Waals surface area (Å²) in [6.07, 6.45) is -0.666. The normalized spacial score (nSPS) is 9.85. The van der Waals surface area contributed by atoms with E-state index in [0.717, 1.165) is 11.3 Å². The molecule has 0 fully saturated rings. The summed E-state index contributed by atoms with van der Waals surface area (Å²) < 4.78 is 9.84. The summed E-state index contributed by atoms with van der Waals surface area (Å²) in [7, 11) is 0. The molecular weight excluding hydrogens is 280 g/mol. The van der Waals surface area contributed by atoms with Gasteiger partial charge in [0.15, 0.2) is 10.8 Å². The molecule has 6 nitrogen and oxygen atoms in total. The van der Waals surface area contributed by atoms with Crippen LogP contribution in [0.4, 0.5) is 9.93 Å². The number of rotatable bonds is 4. The van der Waals surface area contributed by atoms with Gasteiger partial charge in [0.25, 0.3) is 0 Å². The Morgan fingerprint density at radius 1 is 1.30 bits per heavy atom. The molecule has 2 rings (SSSR count). The van der Waals surface area contributed by atoms with E-state index in [4.69, 9.17) is 9.47 Å². The van der Waals surface area contributed by atoms with Crippen LogP contribution in [0.1, 0.15) is 17.4 Å². The van der Waals surface area contributed by atoms with Crippen molar-refractivity contribution in [1.29, 1.82) is 0 Å². The van der Waals surface area contributed by atoms with Crippen LogP contribution in [-0.2, 0) is 4.74 Å². The monoisotopic (exact) mass is 292 g/mol. The average molecular weight is 292 g/mol. The number of nitrogens with one attached hydrogen (secondary N) is 1. The number of carbonyl (C=O) groups excluding carboxylic acids is 2. The Kier molecular flexibility index (Phi) is 4.67. The van der Waals surface area contributed by atoms with Crippen molar-refractivity contribution in [3.8, 4) is 5.75 Å². The van der Waals surface area contributed by atoms with Crippen molar-refractivity contribution in [3.63, 3.8) is 0 Å². The van der Waals surface area contributed by atoms with E-state index in [1.807, 2.05) is 6.07 Å². The molecular formula is C13H12N2O4S. The molecule has 1 amide bonds. The lowest BCUT2D eigenvalue weighted by atomic mass is 10.3. The van der Waals surface area contributed by atoms with Gasteiger partial charge in [-0.3, -0.25) is 5.32 Å². The Morgan fingerprint density at radius 2 is 2.05 bits per heavy atom. The van der Waals surface area contributed by atoms with E-state index in [1.54, 1.807) is 31.2 Å². The first-order valence-corrected chi connectivity index (χ1v) is 6.73. The first kappa shape index (κ1) is 14.0. The van der Waals surface area contributed by atoms with E-state index < -0.39 is 12.1 Å². The number of nitrogens with zero attached hydrogens (tertiary/aromatic N) is 1. The Hall–Kier alpha value is -2.41. The zero-order valence-corrected chi connectivity index (χ0v) is 11.5. The zero-order valence-electron chi connectivity index (χ0n) is 10.7. The third-order valence-corrected chi connectivity index (χ3v) is 2.91. The SMILES string of the molecule is CCOC(=O)c1csc(NC(=O)Oc2ccccc2)n1. The Bertz CT molecular complexity index is 597. The van der Waals surface area contributed by atoms with Crippen LogP contribution in [0.5, 0.6) is 5.75 Å². The van der Waals surface area contributed by atoms with E-state index in [2.05, 4.69) is 10.3 Å². The molecule has 0 aliphatic heterocycles. The second kappa shape index (κ2) is 6.67. The molecule has 7 heteroatoms. The first-order chi connectivity index (χ1) is 9.69. The molecule has 1 N–H and O–H groups in total. The lowest BCUT2D eigenvalue weighted by Gasteiger charge is -2.03. The minimum atomic E-state index is -0.666. The number of anilines is 1. The third kappa shape index (κ3) is 3.79. The molecule has 0 aliphatic carbocycles. The zero-order chi connectivity index (χ0) is 14.4. The van der Waals surface area contributed by atoms with E-state index in [0.29, 0.717) is 5.75 Å². The molecule has 104 valence electrons. The highest BCUT2D eigenvalue weighted by atomic mass is 32.1. The maximum absolute atomic E-state index is 11.6. The molecule has 0 bridgehead atoms. The summed E-state index contributed by atoms with van der Waals surface area (Å²) in [6, 6.07) is 8.64. The minimum Gasteiger partial charge on any atom is -0.461 e. The Morgan fingerprint density at radius 3 is 2.75 bits per heavy atom. The highest BCUT2D eigenvalue weighted by molar-refractivity contribution is 7.14. The van der Waals surface area contributed by atoms with Crippen LogP contribution < -0.4 is 10.1 Å². The van der Waals surface area contributed by atoms with Gasteiger partial charge in [-0.05, 0) is 19.1 Å². The van der Waals surface area contributed by atoms with Gasteiger partial charge >= 0.3 is 12.1 Å². The molecule has 0 spiro atoms. The average Bonchev–Trinajstić information content (AvgIpc) is 2.88. The molecule has 0 aliphatic rings. The predicted molar refractivity (Wildman–Crippen MR) is 74.2 cm³/mol. The second-order valence-electron chi connectivity index (χ2n) is 3.59. The number of benzene rings is 1. The standard InChI is InChI=1S/C13H12N2O4S/c1-2-18-11(16)10-8-20-12(14-10)15-13(17)19-9-6-4-3-5-7-9/h3-8H,2H2,1H3,(H,14,15,17). The lowest BCUT2D eigenvalue weighted by Crippen LogP contribution is -2.16. The molecule has 0 radical (unpaired) electrons. The smallest absolute Gasteiger partial charge is 0.418 e. The fourth-order valence-electron chi connectivity index (χ4n) is 1.34. The van der Waals surface area contributed by atoms with Crippen molar-refractivity contribution in [3.05, 3.63) is 41.4 Å². The largest absolute Gasteiger partial charge is 0.461 e.